The summed E-state index contributed by atoms with van der Waals surface area (Å²) < 4.78 is 68.7. The van der Waals surface area contributed by atoms with Crippen molar-refractivity contribution in [2.45, 2.75) is 420 Å². The third-order valence-corrected chi connectivity index (χ3v) is 20.8. The topological polar surface area (TPSA) is 237 Å². The Morgan fingerprint density at radius 2 is 0.526 bits per heavy atom. The molecule has 97 heavy (non-hydrogen) atoms. The molecule has 19 heteroatoms. The summed E-state index contributed by atoms with van der Waals surface area (Å²) in [5, 5.41) is 10.6. The van der Waals surface area contributed by atoms with Crippen molar-refractivity contribution in [2.24, 2.45) is 17.8 Å². The second-order valence-corrected chi connectivity index (χ2v) is 32.0. The van der Waals surface area contributed by atoms with Crippen molar-refractivity contribution in [1.29, 1.82) is 0 Å². The van der Waals surface area contributed by atoms with Crippen LogP contribution in [0.5, 0.6) is 0 Å². The van der Waals surface area contributed by atoms with Crippen molar-refractivity contribution in [2.75, 3.05) is 39.6 Å². The number of esters is 4. The number of rotatable bonds is 76. The van der Waals surface area contributed by atoms with Crippen LogP contribution in [-0.2, 0) is 65.4 Å². The van der Waals surface area contributed by atoms with E-state index in [1.165, 1.54) is 212 Å². The van der Waals surface area contributed by atoms with Gasteiger partial charge in [0.2, 0.25) is 0 Å². The van der Waals surface area contributed by atoms with Gasteiger partial charge >= 0.3 is 39.5 Å². The Morgan fingerprint density at radius 1 is 0.299 bits per heavy atom. The fraction of sp³-hybridized carbons (Fsp3) is 0.949. The molecule has 0 aromatic rings. The maximum Gasteiger partial charge on any atom is 0.472 e. The van der Waals surface area contributed by atoms with Crippen LogP contribution in [0.25, 0.3) is 0 Å². The third kappa shape index (κ3) is 69.5. The van der Waals surface area contributed by atoms with Crippen molar-refractivity contribution in [3.05, 3.63) is 0 Å². The van der Waals surface area contributed by atoms with Gasteiger partial charge in [0.25, 0.3) is 0 Å². The molecule has 576 valence electrons. The van der Waals surface area contributed by atoms with Gasteiger partial charge < -0.3 is 33.8 Å². The number of aliphatic hydroxyl groups excluding tert-OH is 1. The Labute approximate surface area is 594 Å². The second kappa shape index (κ2) is 68.5. The fourth-order valence-corrected chi connectivity index (χ4v) is 13.5. The number of aliphatic hydroxyl groups is 1. The molecular weight excluding hydrogens is 1270 g/mol. The molecule has 0 fully saturated rings. The molecule has 0 amide bonds. The molecule has 4 unspecified atom stereocenters. The SMILES string of the molecule is CCCCCCCCCCCCCCCCCCC(=O)O[C@H](COC(=O)CCCCCCCCCCCCC(C)CC)COP(=O)(O)OC[C@@H](O)COP(=O)(O)OC[C@@H](COC(=O)CCCCCCCCCCCCC(C)C)OC(=O)CCCCCCCCCCCCC(C)CC. The van der Waals surface area contributed by atoms with Crippen LogP contribution in [0.2, 0.25) is 0 Å². The number of carbonyl (C=O) groups is 4. The number of ether oxygens (including phenoxy) is 4. The van der Waals surface area contributed by atoms with E-state index in [4.69, 9.17) is 37.0 Å². The monoisotopic (exact) mass is 1420 g/mol. The summed E-state index contributed by atoms with van der Waals surface area (Å²) in [6.07, 6.45) is 55.2. The van der Waals surface area contributed by atoms with Gasteiger partial charge in [-0.3, -0.25) is 37.3 Å². The number of unbranched alkanes of at least 4 members (excludes halogenated alkanes) is 42. The number of phosphoric acid groups is 2. The zero-order chi connectivity index (χ0) is 71.6. The maximum absolute atomic E-state index is 13.1. The fourth-order valence-electron chi connectivity index (χ4n) is 11.9. The van der Waals surface area contributed by atoms with E-state index in [2.05, 4.69) is 48.5 Å². The Balaban J connectivity index is 5.28. The van der Waals surface area contributed by atoms with Gasteiger partial charge in [-0.1, -0.05) is 350 Å². The highest BCUT2D eigenvalue weighted by atomic mass is 31.2. The van der Waals surface area contributed by atoms with Crippen LogP contribution < -0.4 is 0 Å². The van der Waals surface area contributed by atoms with Gasteiger partial charge in [-0.2, -0.15) is 0 Å². The summed E-state index contributed by atoms with van der Waals surface area (Å²) in [6.45, 7) is 12.0. The van der Waals surface area contributed by atoms with Gasteiger partial charge in [0, 0.05) is 25.7 Å². The molecule has 0 heterocycles. The first kappa shape index (κ1) is 95.1. The van der Waals surface area contributed by atoms with Crippen LogP contribution in [0, 0.1) is 17.8 Å². The standard InChI is InChI=1S/C78H152O17P2/c1-8-11-12-13-14-15-16-17-18-19-20-21-33-40-47-54-61-77(82)94-73(65-89-76(81)60-53-46-39-32-26-23-29-36-43-50-57-70(6)9-2)67-92-96(84,85)90-63-72(79)64-91-97(86,87)93-68-74(66-88-75(80)59-52-45-38-31-25-22-28-35-42-49-56-69(4)5)95-78(83)62-55-48-41-34-27-24-30-37-44-51-58-71(7)10-3/h69-74,79H,8-68H2,1-7H3,(H,84,85)(H,86,87)/t70?,71?,72-,73-,74-/m1/s1. The Morgan fingerprint density at radius 3 is 0.784 bits per heavy atom. The molecular formula is C78H152O17P2. The lowest BCUT2D eigenvalue weighted by Gasteiger charge is -2.21. The van der Waals surface area contributed by atoms with E-state index in [-0.39, 0.29) is 25.7 Å². The molecule has 0 aromatic carbocycles. The van der Waals surface area contributed by atoms with E-state index in [9.17, 15) is 43.2 Å². The molecule has 0 rings (SSSR count). The molecule has 0 saturated heterocycles. The summed E-state index contributed by atoms with van der Waals surface area (Å²) in [5.41, 5.74) is 0. The number of phosphoric ester groups is 2. The van der Waals surface area contributed by atoms with Gasteiger partial charge in [-0.15, -0.1) is 0 Å². The quantitative estimate of drug-likeness (QED) is 0.0222. The first-order valence-corrected chi connectivity index (χ1v) is 43.4. The highest BCUT2D eigenvalue weighted by Gasteiger charge is 2.30. The van der Waals surface area contributed by atoms with Gasteiger partial charge in [-0.25, -0.2) is 9.13 Å². The van der Waals surface area contributed by atoms with Crippen molar-refractivity contribution in [1.82, 2.24) is 0 Å². The van der Waals surface area contributed by atoms with Crippen LogP contribution in [-0.4, -0.2) is 96.7 Å². The molecule has 0 aromatic heterocycles. The Kier molecular flexibility index (Phi) is 67.1. The molecule has 0 spiro atoms. The van der Waals surface area contributed by atoms with Crippen LogP contribution in [0.3, 0.4) is 0 Å². The zero-order valence-electron chi connectivity index (χ0n) is 63.5. The summed E-state index contributed by atoms with van der Waals surface area (Å²) in [7, 11) is -9.92. The molecule has 0 aliphatic heterocycles. The molecule has 0 aliphatic carbocycles. The van der Waals surface area contributed by atoms with Gasteiger partial charge in [0.05, 0.1) is 26.4 Å². The molecule has 3 N–H and O–H groups in total. The average molecular weight is 1420 g/mol. The highest BCUT2D eigenvalue weighted by molar-refractivity contribution is 7.47. The summed E-state index contributed by atoms with van der Waals surface area (Å²) in [4.78, 5) is 73.0. The van der Waals surface area contributed by atoms with E-state index in [0.717, 1.165) is 108 Å². The van der Waals surface area contributed by atoms with Crippen LogP contribution in [0.15, 0.2) is 0 Å². The minimum absolute atomic E-state index is 0.106. The Hall–Kier alpha value is -1.94. The van der Waals surface area contributed by atoms with Crippen LogP contribution in [0.4, 0.5) is 0 Å². The van der Waals surface area contributed by atoms with Crippen LogP contribution >= 0.6 is 15.6 Å². The summed E-state index contributed by atoms with van der Waals surface area (Å²) in [5.74, 6) is 0.258. The molecule has 0 bridgehead atoms. The van der Waals surface area contributed by atoms with E-state index in [0.29, 0.717) is 25.7 Å². The predicted octanol–water partition coefficient (Wildman–Crippen LogP) is 23.0. The lowest BCUT2D eigenvalue weighted by atomic mass is 9.99. The second-order valence-electron chi connectivity index (χ2n) is 29.1. The third-order valence-electron chi connectivity index (χ3n) is 18.9. The average Bonchev–Trinajstić information content (AvgIpc) is 1.51. The maximum atomic E-state index is 13.1. The van der Waals surface area contributed by atoms with Gasteiger partial charge in [0.1, 0.15) is 19.3 Å². The first-order chi connectivity index (χ1) is 46.8. The number of carbonyl (C=O) groups excluding carboxylic acids is 4. The smallest absolute Gasteiger partial charge is 0.462 e. The number of hydrogen-bond donors (Lipinski definition) is 3. The lowest BCUT2D eigenvalue weighted by molar-refractivity contribution is -0.161. The normalized spacial score (nSPS) is 14.6. The lowest BCUT2D eigenvalue weighted by Crippen LogP contribution is -2.30. The zero-order valence-corrected chi connectivity index (χ0v) is 65.3. The van der Waals surface area contributed by atoms with E-state index in [1.807, 2.05) is 0 Å². The van der Waals surface area contributed by atoms with Crippen molar-refractivity contribution in [3.8, 4) is 0 Å². The van der Waals surface area contributed by atoms with Gasteiger partial charge in [0.15, 0.2) is 12.2 Å². The molecule has 0 radical (unpaired) electrons. The largest absolute Gasteiger partial charge is 0.472 e. The summed E-state index contributed by atoms with van der Waals surface area (Å²) in [6, 6.07) is 0. The Bertz CT molecular complexity index is 1890. The van der Waals surface area contributed by atoms with E-state index < -0.39 is 97.5 Å². The summed E-state index contributed by atoms with van der Waals surface area (Å²) >= 11 is 0. The van der Waals surface area contributed by atoms with Crippen LogP contribution in [0.1, 0.15) is 402 Å². The first-order valence-electron chi connectivity index (χ1n) is 40.4. The predicted molar refractivity (Wildman–Crippen MR) is 395 cm³/mol. The van der Waals surface area contributed by atoms with E-state index in [1.54, 1.807) is 0 Å². The van der Waals surface area contributed by atoms with E-state index >= 15 is 0 Å². The minimum atomic E-state index is -4.96. The molecule has 0 saturated carbocycles. The molecule has 7 atom stereocenters. The number of hydrogen-bond acceptors (Lipinski definition) is 15. The molecule has 17 nitrogen and oxygen atoms in total. The van der Waals surface area contributed by atoms with Crippen molar-refractivity contribution < 1.29 is 80.2 Å². The minimum Gasteiger partial charge on any atom is -0.462 e. The van der Waals surface area contributed by atoms with Gasteiger partial charge in [-0.05, 0) is 43.4 Å². The highest BCUT2D eigenvalue weighted by Crippen LogP contribution is 2.45. The van der Waals surface area contributed by atoms with Crippen molar-refractivity contribution >= 4 is 39.5 Å². The van der Waals surface area contributed by atoms with Crippen molar-refractivity contribution in [3.63, 3.8) is 0 Å². The molecule has 0 aliphatic rings.